The lowest BCUT2D eigenvalue weighted by Crippen LogP contribution is -2.29. The molecule has 0 bridgehead atoms. The zero-order valence-corrected chi connectivity index (χ0v) is 37.4. The number of ether oxygens (including phenoxy) is 2. The molecule has 340 valence electrons. The number of aliphatic hydroxyl groups excluding tert-OH is 3. The maximum absolute atomic E-state index is 12.6. The van der Waals surface area contributed by atoms with Crippen LogP contribution in [0.4, 0.5) is 0 Å². The third-order valence-electron chi connectivity index (χ3n) is 8.49. The molecule has 2 unspecified atom stereocenters. The van der Waals surface area contributed by atoms with E-state index in [0.29, 0.717) is 25.7 Å². The maximum atomic E-state index is 12.6. The molecule has 0 aromatic heterocycles. The van der Waals surface area contributed by atoms with Crippen molar-refractivity contribution in [3.05, 3.63) is 109 Å². The van der Waals surface area contributed by atoms with Gasteiger partial charge in [0.05, 0.1) is 25.9 Å². The Labute approximate surface area is 361 Å². The molecule has 0 aromatic carbocycles. The van der Waals surface area contributed by atoms with Crippen LogP contribution in [0.3, 0.4) is 0 Å². The fraction of sp³-hybridized carbons (Fsp3) is 0.583. The SMILES string of the molecule is CC/C=C\C/C=C\C/C=C\C/C=C\C/C=C\CCCCCC(=O)OC[C@H](COP(=O)(O)OC[C@@H](O)CO)OC(=O)CCC/C=C/C=C\C(O)C/C=C\C/C=C\CCCCC. The molecule has 0 fully saturated rings. The summed E-state index contributed by atoms with van der Waals surface area (Å²) in [4.78, 5) is 35.0. The Kier molecular flexibility index (Phi) is 39.9. The van der Waals surface area contributed by atoms with Gasteiger partial charge in [0.1, 0.15) is 12.7 Å². The van der Waals surface area contributed by atoms with Crippen LogP contribution in [0, 0.1) is 0 Å². The molecule has 0 aliphatic carbocycles. The topological polar surface area (TPSA) is 169 Å². The van der Waals surface area contributed by atoms with E-state index in [0.717, 1.165) is 64.2 Å². The van der Waals surface area contributed by atoms with Crippen LogP contribution >= 0.6 is 7.82 Å². The molecule has 0 aliphatic heterocycles. The summed E-state index contributed by atoms with van der Waals surface area (Å²) in [6.45, 7) is 2.00. The highest BCUT2D eigenvalue weighted by atomic mass is 31.2. The van der Waals surface area contributed by atoms with Gasteiger partial charge >= 0.3 is 19.8 Å². The Balaban J connectivity index is 4.55. The number of carbonyl (C=O) groups excluding carboxylic acids is 2. The number of phosphoric ester groups is 1. The molecule has 11 nitrogen and oxygen atoms in total. The van der Waals surface area contributed by atoms with Gasteiger partial charge < -0.3 is 29.7 Å². The fourth-order valence-corrected chi connectivity index (χ4v) is 5.88. The van der Waals surface area contributed by atoms with Crippen molar-refractivity contribution in [1.29, 1.82) is 0 Å². The van der Waals surface area contributed by atoms with Crippen molar-refractivity contribution in [1.82, 2.24) is 0 Å². The molecule has 4 atom stereocenters. The Morgan fingerprint density at radius 1 is 0.583 bits per heavy atom. The molecule has 0 rings (SSSR count). The highest BCUT2D eigenvalue weighted by Gasteiger charge is 2.27. The number of hydrogen-bond donors (Lipinski definition) is 4. The summed E-state index contributed by atoms with van der Waals surface area (Å²) < 4.78 is 32.6. The van der Waals surface area contributed by atoms with E-state index in [1.807, 2.05) is 18.2 Å². The van der Waals surface area contributed by atoms with Gasteiger partial charge in [-0.1, -0.05) is 142 Å². The smallest absolute Gasteiger partial charge is 0.462 e. The minimum absolute atomic E-state index is 0.0346. The quantitative estimate of drug-likeness (QED) is 0.0153. The first-order valence-corrected chi connectivity index (χ1v) is 23.4. The Morgan fingerprint density at radius 2 is 1.12 bits per heavy atom. The zero-order chi connectivity index (χ0) is 44.2. The minimum Gasteiger partial charge on any atom is -0.462 e. The molecule has 4 N–H and O–H groups in total. The van der Waals surface area contributed by atoms with Crippen LogP contribution in [0.25, 0.3) is 0 Å². The van der Waals surface area contributed by atoms with E-state index in [2.05, 4.69) is 91.3 Å². The second kappa shape index (κ2) is 42.3. The maximum Gasteiger partial charge on any atom is 0.472 e. The van der Waals surface area contributed by atoms with Gasteiger partial charge in [0.25, 0.3) is 0 Å². The van der Waals surface area contributed by atoms with E-state index in [1.165, 1.54) is 19.3 Å². The monoisotopic (exact) mass is 861 g/mol. The first-order valence-electron chi connectivity index (χ1n) is 22.0. The third-order valence-corrected chi connectivity index (χ3v) is 9.44. The van der Waals surface area contributed by atoms with Crippen molar-refractivity contribution in [3.8, 4) is 0 Å². The molecule has 0 saturated heterocycles. The van der Waals surface area contributed by atoms with Gasteiger partial charge in [0.15, 0.2) is 6.10 Å². The predicted octanol–water partition coefficient (Wildman–Crippen LogP) is 10.7. The highest BCUT2D eigenvalue weighted by Crippen LogP contribution is 2.43. The zero-order valence-electron chi connectivity index (χ0n) is 36.5. The summed E-state index contributed by atoms with van der Waals surface area (Å²) >= 11 is 0. The Morgan fingerprint density at radius 3 is 1.72 bits per heavy atom. The number of phosphoric acid groups is 1. The molecular weight excluding hydrogens is 783 g/mol. The van der Waals surface area contributed by atoms with Crippen LogP contribution in [0.5, 0.6) is 0 Å². The summed E-state index contributed by atoms with van der Waals surface area (Å²) in [7, 11) is -4.67. The lowest BCUT2D eigenvalue weighted by molar-refractivity contribution is -0.161. The number of allylic oxidation sites excluding steroid dienone is 16. The normalized spacial score (nSPS) is 15.4. The van der Waals surface area contributed by atoms with Gasteiger partial charge in [0, 0.05) is 12.8 Å². The third kappa shape index (κ3) is 41.3. The lowest BCUT2D eigenvalue weighted by atomic mass is 10.1. The van der Waals surface area contributed by atoms with Crippen LogP contribution in [-0.4, -0.2) is 76.9 Å². The molecule has 0 heterocycles. The van der Waals surface area contributed by atoms with Gasteiger partial charge in [-0.3, -0.25) is 18.6 Å². The van der Waals surface area contributed by atoms with Crippen molar-refractivity contribution in [2.75, 3.05) is 26.4 Å². The number of aliphatic hydroxyl groups is 3. The summed E-state index contributed by atoms with van der Waals surface area (Å²) in [6, 6.07) is 0. The standard InChI is InChI=1S/C48H77O11P/c1-3-5-7-9-11-13-14-15-16-17-18-19-20-21-22-24-26-30-34-38-47(52)56-42-46(43-58-60(54,55)57-41-45(51)40-49)59-48(53)39-35-31-27-29-33-37-44(50)36-32-28-25-23-12-10-8-6-4-2/h5,7,11-13,15-16,18-19,21-23,27-29,32-33,37,44-46,49-51H,3-4,6,8-10,14,17,20,24-26,30-31,34-36,38-43H2,1-2H3,(H,54,55)/b7-5-,13-11-,16-15-,19-18-,22-21-,23-12-,29-27+,32-28-,37-33-/t44?,45-,46+/m0/s1. The van der Waals surface area contributed by atoms with Crippen molar-refractivity contribution >= 4 is 19.8 Å². The summed E-state index contributed by atoms with van der Waals surface area (Å²) in [5.74, 6) is -1.11. The van der Waals surface area contributed by atoms with Gasteiger partial charge in [-0.15, -0.1) is 0 Å². The van der Waals surface area contributed by atoms with Crippen LogP contribution in [0.2, 0.25) is 0 Å². The first-order chi connectivity index (χ1) is 29.1. The fourth-order valence-electron chi connectivity index (χ4n) is 5.09. The molecular formula is C48H77O11P. The van der Waals surface area contributed by atoms with Gasteiger partial charge in [-0.25, -0.2) is 4.57 Å². The molecule has 0 radical (unpaired) electrons. The molecule has 0 aromatic rings. The van der Waals surface area contributed by atoms with E-state index >= 15 is 0 Å². The second-order valence-electron chi connectivity index (χ2n) is 14.2. The predicted molar refractivity (Wildman–Crippen MR) is 243 cm³/mol. The number of esters is 2. The summed E-state index contributed by atoms with van der Waals surface area (Å²) in [5, 5.41) is 28.5. The largest absolute Gasteiger partial charge is 0.472 e. The van der Waals surface area contributed by atoms with Crippen LogP contribution < -0.4 is 0 Å². The van der Waals surface area contributed by atoms with Gasteiger partial charge in [0.2, 0.25) is 0 Å². The molecule has 12 heteroatoms. The average molecular weight is 861 g/mol. The molecule has 0 spiro atoms. The van der Waals surface area contributed by atoms with E-state index in [4.69, 9.17) is 19.1 Å². The number of rotatable bonds is 39. The first kappa shape index (κ1) is 56.6. The van der Waals surface area contributed by atoms with Crippen molar-refractivity contribution < 1.29 is 52.9 Å². The number of carbonyl (C=O) groups is 2. The number of unbranched alkanes of at least 4 members (excludes halogenated alkanes) is 7. The Bertz CT molecular complexity index is 1380. The van der Waals surface area contributed by atoms with Gasteiger partial charge in [-0.05, 0) is 89.9 Å². The van der Waals surface area contributed by atoms with Crippen molar-refractivity contribution in [2.45, 2.75) is 154 Å². The van der Waals surface area contributed by atoms with E-state index < -0.39 is 57.9 Å². The Hall–Kier alpha value is -3.41. The summed E-state index contributed by atoms with van der Waals surface area (Å²) in [5.41, 5.74) is 0. The van der Waals surface area contributed by atoms with Crippen LogP contribution in [-0.2, 0) is 32.7 Å². The van der Waals surface area contributed by atoms with E-state index in [-0.39, 0.29) is 19.4 Å². The molecule has 0 aliphatic rings. The molecule has 0 saturated carbocycles. The van der Waals surface area contributed by atoms with E-state index in [1.54, 1.807) is 18.2 Å². The average Bonchev–Trinajstić information content (AvgIpc) is 3.23. The molecule has 0 amide bonds. The second-order valence-corrected chi connectivity index (χ2v) is 15.6. The van der Waals surface area contributed by atoms with Crippen LogP contribution in [0.15, 0.2) is 109 Å². The lowest BCUT2D eigenvalue weighted by Gasteiger charge is -2.20. The molecule has 60 heavy (non-hydrogen) atoms. The van der Waals surface area contributed by atoms with E-state index in [9.17, 15) is 29.3 Å². The summed E-state index contributed by atoms with van der Waals surface area (Å²) in [6.07, 6.45) is 49.4. The highest BCUT2D eigenvalue weighted by molar-refractivity contribution is 7.47. The minimum atomic E-state index is -4.67. The van der Waals surface area contributed by atoms with Crippen molar-refractivity contribution in [3.63, 3.8) is 0 Å². The van der Waals surface area contributed by atoms with Gasteiger partial charge in [-0.2, -0.15) is 0 Å². The number of hydrogen-bond acceptors (Lipinski definition) is 10. The van der Waals surface area contributed by atoms with Crippen LogP contribution in [0.1, 0.15) is 136 Å². The van der Waals surface area contributed by atoms with Crippen molar-refractivity contribution in [2.24, 2.45) is 0 Å².